The summed E-state index contributed by atoms with van der Waals surface area (Å²) in [5.41, 5.74) is 1.98. The number of nitrogens with zero attached hydrogens (tertiary/aromatic N) is 2. The smallest absolute Gasteiger partial charge is 0.171 e. The van der Waals surface area contributed by atoms with Gasteiger partial charge in [0.2, 0.25) is 0 Å². The van der Waals surface area contributed by atoms with Crippen molar-refractivity contribution < 1.29 is 5.11 Å². The molecule has 0 aliphatic heterocycles. The maximum atomic E-state index is 9.34. The van der Waals surface area contributed by atoms with E-state index in [2.05, 4.69) is 27.6 Å². The third kappa shape index (κ3) is 1.61. The topological polar surface area (TPSA) is 38.0 Å². The lowest BCUT2D eigenvalue weighted by molar-refractivity contribution is 0.475. The average Bonchev–Trinajstić information content (AvgIpc) is 2.48. The van der Waals surface area contributed by atoms with Crippen molar-refractivity contribution in [2.24, 2.45) is 7.05 Å². The van der Waals surface area contributed by atoms with Crippen molar-refractivity contribution in [2.75, 3.05) is 0 Å². The normalized spacial score (nSPS) is 10.4. The number of halogens is 1. The largest absolute Gasteiger partial charge is 0.508 e. The van der Waals surface area contributed by atoms with Gasteiger partial charge in [0.15, 0.2) is 3.83 Å². The van der Waals surface area contributed by atoms with E-state index in [-0.39, 0.29) is 5.75 Å². The number of aromatic nitrogens is 2. The molecule has 0 amide bonds. The molecule has 0 fully saturated rings. The first-order valence-electron chi connectivity index (χ1n) is 4.15. The highest BCUT2D eigenvalue weighted by atomic mass is 127. The quantitative estimate of drug-likeness (QED) is 0.821. The molecule has 1 aromatic heterocycles. The number of hydrogen-bond donors (Lipinski definition) is 1. The number of benzene rings is 1. The van der Waals surface area contributed by atoms with Crippen LogP contribution in [0.15, 0.2) is 30.5 Å². The first-order valence-corrected chi connectivity index (χ1v) is 5.23. The van der Waals surface area contributed by atoms with E-state index in [9.17, 15) is 5.11 Å². The highest BCUT2D eigenvalue weighted by Gasteiger charge is 2.05. The third-order valence-corrected chi connectivity index (χ3v) is 3.08. The van der Waals surface area contributed by atoms with Crippen LogP contribution in [-0.2, 0) is 7.05 Å². The van der Waals surface area contributed by atoms with Crippen LogP contribution in [0.1, 0.15) is 0 Å². The molecular formula is C10H9IN2O. The van der Waals surface area contributed by atoms with Crippen molar-refractivity contribution in [3.8, 4) is 17.0 Å². The summed E-state index contributed by atoms with van der Waals surface area (Å²) < 4.78 is 2.91. The molecule has 0 aliphatic rings. The Labute approximate surface area is 95.5 Å². The Balaban J connectivity index is 2.55. The lowest BCUT2D eigenvalue weighted by Crippen LogP contribution is -1.93. The lowest BCUT2D eigenvalue weighted by Gasteiger charge is -2.03. The number of hydrogen-bond acceptors (Lipinski definition) is 2. The second kappa shape index (κ2) is 3.61. The number of aromatic hydroxyl groups is 1. The molecule has 0 unspecified atom stereocenters. The Morgan fingerprint density at radius 3 is 2.79 bits per heavy atom. The molecule has 0 aliphatic carbocycles. The molecule has 0 radical (unpaired) electrons. The standard InChI is InChI=1S/C10H9IN2O/c1-13-9(6-12-10(13)11)7-3-2-4-8(14)5-7/h2-6,14H,1H3. The van der Waals surface area contributed by atoms with Crippen molar-refractivity contribution in [2.45, 2.75) is 0 Å². The van der Waals surface area contributed by atoms with Gasteiger partial charge in [-0.15, -0.1) is 0 Å². The van der Waals surface area contributed by atoms with Crippen LogP contribution >= 0.6 is 22.6 Å². The molecule has 72 valence electrons. The molecule has 2 rings (SSSR count). The van der Waals surface area contributed by atoms with Crippen molar-refractivity contribution in [1.29, 1.82) is 0 Å². The summed E-state index contributed by atoms with van der Waals surface area (Å²) in [6.45, 7) is 0. The van der Waals surface area contributed by atoms with E-state index in [4.69, 9.17) is 0 Å². The molecule has 4 heteroatoms. The van der Waals surface area contributed by atoms with Gasteiger partial charge in [-0.2, -0.15) is 0 Å². The third-order valence-electron chi connectivity index (χ3n) is 2.07. The van der Waals surface area contributed by atoms with Crippen molar-refractivity contribution >= 4 is 22.6 Å². The van der Waals surface area contributed by atoms with E-state index in [0.717, 1.165) is 15.1 Å². The fourth-order valence-electron chi connectivity index (χ4n) is 1.32. The molecule has 0 atom stereocenters. The van der Waals surface area contributed by atoms with Crippen molar-refractivity contribution in [1.82, 2.24) is 9.55 Å². The minimum atomic E-state index is 0.277. The maximum absolute atomic E-state index is 9.34. The summed E-state index contributed by atoms with van der Waals surface area (Å²) >= 11 is 2.17. The predicted molar refractivity (Wildman–Crippen MR) is 63.0 cm³/mol. The fraction of sp³-hybridized carbons (Fsp3) is 0.100. The fourth-order valence-corrected chi connectivity index (χ4v) is 1.72. The van der Waals surface area contributed by atoms with Crippen LogP contribution in [-0.4, -0.2) is 14.7 Å². The molecule has 0 bridgehead atoms. The first kappa shape index (κ1) is 9.51. The van der Waals surface area contributed by atoms with E-state index in [1.165, 1.54) is 0 Å². The zero-order valence-electron chi connectivity index (χ0n) is 7.61. The highest BCUT2D eigenvalue weighted by Crippen LogP contribution is 2.23. The Hall–Kier alpha value is -1.04. The summed E-state index contributed by atoms with van der Waals surface area (Å²) in [4.78, 5) is 4.19. The number of imidazole rings is 1. The molecule has 1 aromatic carbocycles. The van der Waals surface area contributed by atoms with Gasteiger partial charge in [-0.05, 0) is 34.7 Å². The summed E-state index contributed by atoms with van der Waals surface area (Å²) in [6, 6.07) is 7.16. The van der Waals surface area contributed by atoms with Gasteiger partial charge in [-0.1, -0.05) is 12.1 Å². The van der Waals surface area contributed by atoms with Gasteiger partial charge in [0.05, 0.1) is 11.9 Å². The minimum Gasteiger partial charge on any atom is -0.508 e. The molecule has 1 N–H and O–H groups in total. The van der Waals surface area contributed by atoms with Crippen LogP contribution in [0, 0.1) is 3.83 Å². The Kier molecular flexibility index (Phi) is 2.45. The summed E-state index contributed by atoms with van der Waals surface area (Å²) in [5.74, 6) is 0.277. The van der Waals surface area contributed by atoms with Crippen LogP contribution in [0.4, 0.5) is 0 Å². The van der Waals surface area contributed by atoms with Gasteiger partial charge in [0.25, 0.3) is 0 Å². The van der Waals surface area contributed by atoms with Gasteiger partial charge in [-0.3, -0.25) is 0 Å². The second-order valence-electron chi connectivity index (χ2n) is 3.02. The summed E-state index contributed by atoms with van der Waals surface area (Å²) in [7, 11) is 1.95. The van der Waals surface area contributed by atoms with Crippen LogP contribution in [0.25, 0.3) is 11.3 Å². The Morgan fingerprint density at radius 1 is 1.43 bits per heavy atom. The monoisotopic (exact) mass is 300 g/mol. The Morgan fingerprint density at radius 2 is 2.21 bits per heavy atom. The predicted octanol–water partition coefficient (Wildman–Crippen LogP) is 2.40. The van der Waals surface area contributed by atoms with E-state index in [1.54, 1.807) is 18.3 Å². The molecule has 2 aromatic rings. The Bertz CT molecular complexity index is 465. The second-order valence-corrected chi connectivity index (χ2v) is 3.99. The SMILES string of the molecule is Cn1c(-c2cccc(O)c2)cnc1I. The molecule has 14 heavy (non-hydrogen) atoms. The van der Waals surface area contributed by atoms with Gasteiger partial charge in [0, 0.05) is 12.6 Å². The molecule has 0 saturated heterocycles. The minimum absolute atomic E-state index is 0.277. The van der Waals surface area contributed by atoms with Crippen LogP contribution in [0.5, 0.6) is 5.75 Å². The first-order chi connectivity index (χ1) is 6.68. The van der Waals surface area contributed by atoms with E-state index < -0.39 is 0 Å². The average molecular weight is 300 g/mol. The van der Waals surface area contributed by atoms with E-state index in [1.807, 2.05) is 23.7 Å². The van der Waals surface area contributed by atoms with Gasteiger partial charge in [-0.25, -0.2) is 4.98 Å². The zero-order chi connectivity index (χ0) is 10.1. The van der Waals surface area contributed by atoms with Crippen molar-refractivity contribution in [3.05, 3.63) is 34.3 Å². The summed E-state index contributed by atoms with van der Waals surface area (Å²) in [5, 5.41) is 9.34. The van der Waals surface area contributed by atoms with Crippen LogP contribution in [0.2, 0.25) is 0 Å². The van der Waals surface area contributed by atoms with E-state index in [0.29, 0.717) is 0 Å². The lowest BCUT2D eigenvalue weighted by atomic mass is 10.1. The molecule has 3 nitrogen and oxygen atoms in total. The highest BCUT2D eigenvalue weighted by molar-refractivity contribution is 14.1. The van der Waals surface area contributed by atoms with E-state index >= 15 is 0 Å². The molecule has 1 heterocycles. The number of phenols is 1. The van der Waals surface area contributed by atoms with Gasteiger partial charge >= 0.3 is 0 Å². The maximum Gasteiger partial charge on any atom is 0.171 e. The van der Waals surface area contributed by atoms with Gasteiger partial charge in [0.1, 0.15) is 5.75 Å². The molecule has 0 spiro atoms. The van der Waals surface area contributed by atoms with Crippen LogP contribution in [0.3, 0.4) is 0 Å². The summed E-state index contributed by atoms with van der Waals surface area (Å²) in [6.07, 6.45) is 1.80. The van der Waals surface area contributed by atoms with Gasteiger partial charge < -0.3 is 9.67 Å². The van der Waals surface area contributed by atoms with Crippen LogP contribution < -0.4 is 0 Å². The number of phenolic OH excluding ortho intramolecular Hbond substituents is 1. The molecule has 0 saturated carbocycles. The molecular weight excluding hydrogens is 291 g/mol. The van der Waals surface area contributed by atoms with Crippen molar-refractivity contribution in [3.63, 3.8) is 0 Å². The number of rotatable bonds is 1. The zero-order valence-corrected chi connectivity index (χ0v) is 9.76.